The molecular formula is C19H25N3O2S. The first kappa shape index (κ1) is 19.1. The number of nitrogens with one attached hydrogen (secondary N) is 2. The summed E-state index contributed by atoms with van der Waals surface area (Å²) in [6.07, 6.45) is 4.29. The molecule has 0 radical (unpaired) electrons. The Morgan fingerprint density at radius 3 is 2.60 bits per heavy atom. The first-order valence-corrected chi connectivity index (χ1v) is 9.55. The number of nitrogens with zero attached hydrogens (tertiary/aromatic N) is 1. The molecule has 1 heterocycles. The largest absolute Gasteiger partial charge is 0.356 e. The fraction of sp³-hybridized carbons (Fsp3) is 0.421. The van der Waals surface area contributed by atoms with Crippen molar-refractivity contribution >= 4 is 28.3 Å². The Balaban J connectivity index is 1.87. The second-order valence-corrected chi connectivity index (χ2v) is 6.83. The minimum Gasteiger partial charge on any atom is -0.356 e. The van der Waals surface area contributed by atoms with Gasteiger partial charge < -0.3 is 10.6 Å². The predicted octanol–water partition coefficient (Wildman–Crippen LogP) is 4.01. The molecule has 0 atom stereocenters. The molecule has 2 amide bonds. The summed E-state index contributed by atoms with van der Waals surface area (Å²) in [6, 6.07) is 8.26. The quantitative estimate of drug-likeness (QED) is 0.665. The van der Waals surface area contributed by atoms with Crippen molar-refractivity contribution in [2.75, 3.05) is 11.9 Å². The molecule has 0 spiro atoms. The molecule has 6 heteroatoms. The van der Waals surface area contributed by atoms with Crippen LogP contribution >= 0.6 is 11.3 Å². The van der Waals surface area contributed by atoms with Gasteiger partial charge >= 0.3 is 0 Å². The van der Waals surface area contributed by atoms with Crippen molar-refractivity contribution < 1.29 is 9.59 Å². The lowest BCUT2D eigenvalue weighted by atomic mass is 10.1. The average Bonchev–Trinajstić information content (AvgIpc) is 3.05. The van der Waals surface area contributed by atoms with Gasteiger partial charge in [-0.1, -0.05) is 37.6 Å². The Bertz CT molecular complexity index is 695. The van der Waals surface area contributed by atoms with Crippen LogP contribution in [0.4, 0.5) is 5.13 Å². The number of benzene rings is 1. The molecular weight excluding hydrogens is 334 g/mol. The van der Waals surface area contributed by atoms with Crippen molar-refractivity contribution in [1.82, 2.24) is 10.3 Å². The number of carbonyl (C=O) groups is 2. The van der Waals surface area contributed by atoms with Gasteiger partial charge in [0.1, 0.15) is 0 Å². The second-order valence-electron chi connectivity index (χ2n) is 5.97. The number of carbonyl (C=O) groups excluding carboxylic acids is 2. The summed E-state index contributed by atoms with van der Waals surface area (Å²) in [6.45, 7) is 4.30. The fourth-order valence-corrected chi connectivity index (χ4v) is 3.12. The van der Waals surface area contributed by atoms with E-state index in [1.54, 1.807) is 0 Å². The molecule has 134 valence electrons. The Kier molecular flexibility index (Phi) is 7.60. The van der Waals surface area contributed by atoms with E-state index in [1.807, 2.05) is 17.5 Å². The number of amides is 2. The lowest BCUT2D eigenvalue weighted by Gasteiger charge is -2.04. The molecule has 1 aromatic heterocycles. The molecule has 0 fully saturated rings. The van der Waals surface area contributed by atoms with Crippen molar-refractivity contribution in [1.29, 1.82) is 0 Å². The zero-order valence-corrected chi connectivity index (χ0v) is 15.6. The number of hydrogen-bond donors (Lipinski definition) is 2. The third-order valence-electron chi connectivity index (χ3n) is 3.77. The van der Waals surface area contributed by atoms with Crippen LogP contribution in [0.2, 0.25) is 0 Å². The third-order valence-corrected chi connectivity index (χ3v) is 4.53. The molecule has 0 unspecified atom stereocenters. The molecule has 0 aliphatic carbocycles. The number of aryl methyl sites for hydroxylation is 1. The van der Waals surface area contributed by atoms with Gasteiger partial charge in [0.2, 0.25) is 11.8 Å². The molecule has 0 aliphatic heterocycles. The minimum atomic E-state index is 0.0106. The average molecular weight is 359 g/mol. The molecule has 5 nitrogen and oxygen atoms in total. The maximum Gasteiger partial charge on any atom is 0.226 e. The molecule has 2 rings (SSSR count). The number of aromatic nitrogens is 1. The van der Waals surface area contributed by atoms with Gasteiger partial charge in [0.05, 0.1) is 5.69 Å². The van der Waals surface area contributed by atoms with E-state index in [9.17, 15) is 9.59 Å². The van der Waals surface area contributed by atoms with E-state index in [2.05, 4.69) is 34.7 Å². The summed E-state index contributed by atoms with van der Waals surface area (Å²) in [4.78, 5) is 27.1. The van der Waals surface area contributed by atoms with E-state index in [-0.39, 0.29) is 11.8 Å². The van der Waals surface area contributed by atoms with E-state index in [0.29, 0.717) is 18.1 Å². The van der Waals surface area contributed by atoms with Crippen LogP contribution in [0.15, 0.2) is 29.6 Å². The summed E-state index contributed by atoms with van der Waals surface area (Å²) in [7, 11) is 0. The number of rotatable bonds is 9. The van der Waals surface area contributed by atoms with Gasteiger partial charge in [-0.05, 0) is 24.8 Å². The molecule has 0 aliphatic rings. The van der Waals surface area contributed by atoms with Crippen LogP contribution in [0.25, 0.3) is 11.3 Å². The fourth-order valence-electron chi connectivity index (χ4n) is 2.38. The Labute approximate surface area is 152 Å². The maximum atomic E-state index is 11.8. The molecule has 0 bridgehead atoms. The summed E-state index contributed by atoms with van der Waals surface area (Å²) >= 11 is 1.45. The van der Waals surface area contributed by atoms with Crippen LogP contribution in [-0.4, -0.2) is 23.3 Å². The zero-order valence-electron chi connectivity index (χ0n) is 14.8. The highest BCUT2D eigenvalue weighted by atomic mass is 32.1. The van der Waals surface area contributed by atoms with E-state index in [0.717, 1.165) is 36.9 Å². The van der Waals surface area contributed by atoms with Gasteiger partial charge in [0.25, 0.3) is 0 Å². The lowest BCUT2D eigenvalue weighted by Crippen LogP contribution is -2.21. The molecule has 0 saturated carbocycles. The molecule has 2 N–H and O–H groups in total. The highest BCUT2D eigenvalue weighted by Gasteiger charge is 2.08. The van der Waals surface area contributed by atoms with Crippen LogP contribution < -0.4 is 10.6 Å². The van der Waals surface area contributed by atoms with E-state index >= 15 is 0 Å². The molecule has 25 heavy (non-hydrogen) atoms. The standard InChI is InChI=1S/C19H25N3O2S/c1-3-4-7-18(24)22-19-21-17(13-25-19)16-10-8-15(9-11-16)6-5-12-20-14(2)23/h8-11,13H,3-7,12H2,1-2H3,(H,20,23)(H,21,22,24). The Morgan fingerprint density at radius 1 is 1.16 bits per heavy atom. The maximum absolute atomic E-state index is 11.8. The molecule has 2 aromatic rings. The summed E-state index contributed by atoms with van der Waals surface area (Å²) in [5.74, 6) is 0.0359. The monoisotopic (exact) mass is 359 g/mol. The normalized spacial score (nSPS) is 10.5. The highest BCUT2D eigenvalue weighted by Crippen LogP contribution is 2.25. The van der Waals surface area contributed by atoms with Crippen molar-refractivity contribution in [2.24, 2.45) is 0 Å². The van der Waals surface area contributed by atoms with Gasteiger partial charge in [-0.25, -0.2) is 4.98 Å². The van der Waals surface area contributed by atoms with Crippen molar-refractivity contribution in [3.8, 4) is 11.3 Å². The summed E-state index contributed by atoms with van der Waals surface area (Å²) in [5.41, 5.74) is 3.15. The lowest BCUT2D eigenvalue weighted by molar-refractivity contribution is -0.119. The van der Waals surface area contributed by atoms with Crippen molar-refractivity contribution in [2.45, 2.75) is 46.0 Å². The van der Waals surface area contributed by atoms with Crippen molar-refractivity contribution in [3.05, 3.63) is 35.2 Å². The van der Waals surface area contributed by atoms with Crippen LogP contribution in [0.1, 0.15) is 45.1 Å². The number of hydrogen-bond acceptors (Lipinski definition) is 4. The SMILES string of the molecule is CCCCC(=O)Nc1nc(-c2ccc(CCCNC(C)=O)cc2)cs1. The first-order valence-electron chi connectivity index (χ1n) is 8.67. The van der Waals surface area contributed by atoms with Gasteiger partial charge in [0.15, 0.2) is 5.13 Å². The predicted molar refractivity (Wildman–Crippen MR) is 103 cm³/mol. The van der Waals surface area contributed by atoms with Crippen LogP contribution in [0, 0.1) is 0 Å². The van der Waals surface area contributed by atoms with Gasteiger partial charge in [-0.15, -0.1) is 11.3 Å². The zero-order chi connectivity index (χ0) is 18.1. The Hall–Kier alpha value is -2.21. The van der Waals surface area contributed by atoms with Crippen LogP contribution in [0.3, 0.4) is 0 Å². The number of anilines is 1. The van der Waals surface area contributed by atoms with Crippen LogP contribution in [0.5, 0.6) is 0 Å². The van der Waals surface area contributed by atoms with E-state index < -0.39 is 0 Å². The smallest absolute Gasteiger partial charge is 0.226 e. The number of thiazole rings is 1. The van der Waals surface area contributed by atoms with Crippen LogP contribution in [-0.2, 0) is 16.0 Å². The number of unbranched alkanes of at least 4 members (excludes halogenated alkanes) is 1. The Morgan fingerprint density at radius 2 is 1.92 bits per heavy atom. The van der Waals surface area contributed by atoms with Gasteiger partial charge in [-0.3, -0.25) is 9.59 Å². The highest BCUT2D eigenvalue weighted by molar-refractivity contribution is 7.14. The summed E-state index contributed by atoms with van der Waals surface area (Å²) < 4.78 is 0. The topological polar surface area (TPSA) is 71.1 Å². The van der Waals surface area contributed by atoms with Gasteiger partial charge in [-0.2, -0.15) is 0 Å². The summed E-state index contributed by atoms with van der Waals surface area (Å²) in [5, 5.41) is 8.27. The molecule has 1 aromatic carbocycles. The van der Waals surface area contributed by atoms with E-state index in [1.165, 1.54) is 23.8 Å². The first-order chi connectivity index (χ1) is 12.1. The van der Waals surface area contributed by atoms with Gasteiger partial charge in [0, 0.05) is 30.8 Å². The third kappa shape index (κ3) is 6.66. The molecule has 0 saturated heterocycles. The second kappa shape index (κ2) is 9.93. The van der Waals surface area contributed by atoms with Crippen molar-refractivity contribution in [3.63, 3.8) is 0 Å². The minimum absolute atomic E-state index is 0.0106. The van der Waals surface area contributed by atoms with E-state index in [4.69, 9.17) is 0 Å².